The number of primary amides is 1. The van der Waals surface area contributed by atoms with Gasteiger partial charge in [-0.1, -0.05) is 0 Å². The predicted octanol–water partition coefficient (Wildman–Crippen LogP) is 1.55. The Hall–Kier alpha value is -1.41. The number of esters is 1. The Bertz CT molecular complexity index is 583. The summed E-state index contributed by atoms with van der Waals surface area (Å²) in [6.45, 7) is 5.84. The lowest BCUT2D eigenvalue weighted by Crippen LogP contribution is -2.43. The summed E-state index contributed by atoms with van der Waals surface area (Å²) in [6.07, 6.45) is 0. The quantitative estimate of drug-likeness (QED) is 0.816. The Morgan fingerprint density at radius 1 is 1.38 bits per heavy atom. The number of nitrogens with two attached hydrogens (primary N) is 2. The van der Waals surface area contributed by atoms with Crippen LogP contribution in [0, 0.1) is 0 Å². The fourth-order valence-electron chi connectivity index (χ4n) is 2.33. The molecule has 1 saturated heterocycles. The Morgan fingerprint density at radius 3 is 2.57 bits per heavy atom. The highest BCUT2D eigenvalue weighted by atomic mass is 32.2. The molecule has 116 valence electrons. The van der Waals surface area contributed by atoms with E-state index in [2.05, 4.69) is 18.7 Å². The second kappa shape index (κ2) is 5.76. The fourth-order valence-corrected chi connectivity index (χ4v) is 4.52. The van der Waals surface area contributed by atoms with E-state index in [0.717, 1.165) is 30.2 Å². The molecule has 0 atom stereocenters. The summed E-state index contributed by atoms with van der Waals surface area (Å²) in [5.74, 6) is -0.223. The van der Waals surface area contributed by atoms with Crippen molar-refractivity contribution in [3.63, 3.8) is 0 Å². The molecule has 0 aliphatic carbocycles. The zero-order valence-electron chi connectivity index (χ0n) is 12.3. The topological polar surface area (TPSA) is 98.6 Å². The van der Waals surface area contributed by atoms with Gasteiger partial charge in [0, 0.05) is 23.6 Å². The monoisotopic (exact) mass is 329 g/mol. The van der Waals surface area contributed by atoms with Gasteiger partial charge in [0.25, 0.3) is 5.91 Å². The molecule has 1 aliphatic heterocycles. The maximum absolute atomic E-state index is 12.0. The average molecular weight is 329 g/mol. The van der Waals surface area contributed by atoms with Gasteiger partial charge in [-0.3, -0.25) is 4.79 Å². The highest BCUT2D eigenvalue weighted by Crippen LogP contribution is 2.41. The first-order valence-electron chi connectivity index (χ1n) is 6.46. The normalized spacial score (nSPS) is 17.6. The van der Waals surface area contributed by atoms with Gasteiger partial charge in [-0.15, -0.1) is 11.3 Å². The van der Waals surface area contributed by atoms with Crippen LogP contribution in [0.3, 0.4) is 0 Å². The smallest absolute Gasteiger partial charge is 0.343 e. The summed E-state index contributed by atoms with van der Waals surface area (Å²) in [7, 11) is 1.29. The number of hydrogen-bond donors (Lipinski definition) is 2. The van der Waals surface area contributed by atoms with Gasteiger partial charge in [0.05, 0.1) is 12.8 Å². The van der Waals surface area contributed by atoms with Crippen LogP contribution in [0.1, 0.15) is 33.9 Å². The van der Waals surface area contributed by atoms with Crippen LogP contribution in [-0.2, 0) is 4.74 Å². The van der Waals surface area contributed by atoms with E-state index in [4.69, 9.17) is 16.2 Å². The van der Waals surface area contributed by atoms with Crippen LogP contribution >= 0.6 is 23.1 Å². The van der Waals surface area contributed by atoms with Gasteiger partial charge in [-0.05, 0) is 13.8 Å². The molecule has 1 aliphatic rings. The van der Waals surface area contributed by atoms with E-state index in [1.54, 1.807) is 0 Å². The molecule has 0 radical (unpaired) electrons. The van der Waals surface area contributed by atoms with Crippen LogP contribution in [0.2, 0.25) is 0 Å². The number of hydrogen-bond acceptors (Lipinski definition) is 7. The first-order valence-corrected chi connectivity index (χ1v) is 8.26. The highest BCUT2D eigenvalue weighted by Gasteiger charge is 2.33. The third-order valence-corrected chi connectivity index (χ3v) is 5.83. The lowest BCUT2D eigenvalue weighted by atomic mass is 10.1. The maximum atomic E-state index is 12.0. The third kappa shape index (κ3) is 3.11. The zero-order valence-corrected chi connectivity index (χ0v) is 13.9. The van der Waals surface area contributed by atoms with Gasteiger partial charge in [-0.25, -0.2) is 4.79 Å². The molecule has 1 aromatic heterocycles. The molecule has 6 nitrogen and oxygen atoms in total. The van der Waals surface area contributed by atoms with Crippen molar-refractivity contribution in [1.29, 1.82) is 0 Å². The summed E-state index contributed by atoms with van der Waals surface area (Å²) in [5.41, 5.74) is 11.6. The molecular weight excluding hydrogens is 310 g/mol. The summed E-state index contributed by atoms with van der Waals surface area (Å²) in [4.78, 5) is 25.8. The standard InChI is InChI=1S/C13H19N3O3S2/c1-13(2)6-16(4-5-20-13)11-7(12(18)19-3)8(14)9(21-11)10(15)17/h4-6,14H2,1-3H3,(H2,15,17). The maximum Gasteiger partial charge on any atom is 0.343 e. The number of methoxy groups -OCH3 is 1. The number of carbonyl (C=O) groups excluding carboxylic acids is 2. The van der Waals surface area contributed by atoms with Crippen LogP contribution in [0.5, 0.6) is 0 Å². The lowest BCUT2D eigenvalue weighted by Gasteiger charge is -2.38. The molecule has 0 unspecified atom stereocenters. The van der Waals surface area contributed by atoms with Crippen molar-refractivity contribution in [1.82, 2.24) is 0 Å². The molecule has 1 fully saturated rings. The van der Waals surface area contributed by atoms with Crippen molar-refractivity contribution in [2.75, 3.05) is 36.6 Å². The zero-order chi connectivity index (χ0) is 15.8. The van der Waals surface area contributed by atoms with Gasteiger partial charge < -0.3 is 21.1 Å². The molecule has 2 heterocycles. The van der Waals surface area contributed by atoms with E-state index in [1.807, 2.05) is 11.8 Å². The minimum Gasteiger partial charge on any atom is -0.465 e. The summed E-state index contributed by atoms with van der Waals surface area (Å²) in [6, 6.07) is 0. The molecule has 0 bridgehead atoms. The predicted molar refractivity (Wildman–Crippen MR) is 87.3 cm³/mol. The minimum absolute atomic E-state index is 0.0667. The largest absolute Gasteiger partial charge is 0.465 e. The third-order valence-electron chi connectivity index (χ3n) is 3.25. The fraction of sp³-hybridized carbons (Fsp3) is 0.538. The highest BCUT2D eigenvalue weighted by molar-refractivity contribution is 8.00. The Morgan fingerprint density at radius 2 is 2.05 bits per heavy atom. The Labute approximate surface area is 131 Å². The van der Waals surface area contributed by atoms with Crippen molar-refractivity contribution in [2.45, 2.75) is 18.6 Å². The van der Waals surface area contributed by atoms with Gasteiger partial charge in [0.15, 0.2) is 0 Å². The van der Waals surface area contributed by atoms with E-state index >= 15 is 0 Å². The van der Waals surface area contributed by atoms with Crippen molar-refractivity contribution in [2.24, 2.45) is 5.73 Å². The van der Waals surface area contributed by atoms with Crippen LogP contribution in [-0.4, -0.2) is 42.6 Å². The van der Waals surface area contributed by atoms with E-state index in [9.17, 15) is 9.59 Å². The molecule has 1 aromatic rings. The molecule has 4 N–H and O–H groups in total. The van der Waals surface area contributed by atoms with Crippen LogP contribution in [0.25, 0.3) is 0 Å². The number of carbonyl (C=O) groups is 2. The van der Waals surface area contributed by atoms with Crippen molar-refractivity contribution < 1.29 is 14.3 Å². The number of nitrogen functional groups attached to an aromatic ring is 1. The van der Waals surface area contributed by atoms with Crippen LogP contribution < -0.4 is 16.4 Å². The average Bonchev–Trinajstić information content (AvgIpc) is 2.74. The molecule has 0 saturated carbocycles. The number of thioether (sulfide) groups is 1. The minimum atomic E-state index is -0.625. The number of rotatable bonds is 3. The van der Waals surface area contributed by atoms with Gasteiger partial charge in [0.1, 0.15) is 15.4 Å². The van der Waals surface area contributed by atoms with Crippen molar-refractivity contribution >= 4 is 45.7 Å². The first kappa shape index (κ1) is 16.0. The lowest BCUT2D eigenvalue weighted by molar-refractivity contribution is 0.0603. The molecule has 21 heavy (non-hydrogen) atoms. The molecular formula is C13H19N3O3S2. The second-order valence-corrected chi connectivity index (χ2v) is 8.21. The van der Waals surface area contributed by atoms with E-state index in [0.29, 0.717) is 5.00 Å². The summed E-state index contributed by atoms with van der Waals surface area (Å²) >= 11 is 3.04. The molecule has 0 spiro atoms. The van der Waals surface area contributed by atoms with Gasteiger partial charge in [0.2, 0.25) is 0 Å². The molecule has 1 amide bonds. The molecule has 8 heteroatoms. The van der Waals surface area contributed by atoms with Gasteiger partial charge >= 0.3 is 5.97 Å². The number of anilines is 2. The SMILES string of the molecule is COC(=O)c1c(N2CCSC(C)(C)C2)sc(C(N)=O)c1N. The van der Waals surface area contributed by atoms with E-state index in [-0.39, 0.29) is 20.9 Å². The van der Waals surface area contributed by atoms with Crippen LogP contribution in [0.15, 0.2) is 0 Å². The van der Waals surface area contributed by atoms with Crippen molar-refractivity contribution in [3.8, 4) is 0 Å². The summed E-state index contributed by atoms with van der Waals surface area (Å²) in [5, 5.41) is 0.668. The number of nitrogens with zero attached hydrogens (tertiary/aromatic N) is 1. The van der Waals surface area contributed by atoms with Crippen LogP contribution in [0.4, 0.5) is 10.7 Å². The number of amides is 1. The number of ether oxygens (including phenoxy) is 1. The Balaban J connectivity index is 2.49. The molecule has 0 aromatic carbocycles. The molecule has 2 rings (SSSR count). The van der Waals surface area contributed by atoms with E-state index < -0.39 is 11.9 Å². The first-order chi connectivity index (χ1) is 9.76. The Kier molecular flexibility index (Phi) is 4.38. The van der Waals surface area contributed by atoms with E-state index in [1.165, 1.54) is 7.11 Å². The van der Waals surface area contributed by atoms with Crippen molar-refractivity contribution in [3.05, 3.63) is 10.4 Å². The second-order valence-electron chi connectivity index (χ2n) is 5.41. The summed E-state index contributed by atoms with van der Waals surface area (Å²) < 4.78 is 4.86. The van der Waals surface area contributed by atoms with Gasteiger partial charge in [-0.2, -0.15) is 11.8 Å². The number of thiophene rings is 1.